The topological polar surface area (TPSA) is 38.3 Å². The molecule has 0 saturated heterocycles. The third kappa shape index (κ3) is 3.76. The van der Waals surface area contributed by atoms with Crippen molar-refractivity contribution in [3.05, 3.63) is 40.9 Å². The van der Waals surface area contributed by atoms with Crippen molar-refractivity contribution in [3.63, 3.8) is 0 Å². The number of amides is 1. The second-order valence-electron chi connectivity index (χ2n) is 5.64. The Morgan fingerprint density at radius 2 is 2.00 bits per heavy atom. The van der Waals surface area contributed by atoms with Gasteiger partial charge in [-0.25, -0.2) is 0 Å². The fraction of sp³-hybridized carbons (Fsp3) is 0.353. The van der Waals surface area contributed by atoms with Crippen LogP contribution in [0.15, 0.2) is 40.9 Å². The Kier molecular flexibility index (Phi) is 4.15. The van der Waals surface area contributed by atoms with Crippen molar-refractivity contribution in [3.8, 4) is 5.75 Å². The lowest BCUT2D eigenvalue weighted by molar-refractivity contribution is -0.123. The molecule has 4 heteroatoms. The van der Waals surface area contributed by atoms with Gasteiger partial charge in [-0.1, -0.05) is 28.1 Å². The second-order valence-corrected chi connectivity index (χ2v) is 6.55. The Hall–Kier alpha value is -1.55. The summed E-state index contributed by atoms with van der Waals surface area (Å²) in [6.45, 7) is 2.13. The van der Waals surface area contributed by atoms with Crippen molar-refractivity contribution in [1.29, 1.82) is 0 Å². The Morgan fingerprint density at radius 3 is 2.76 bits per heavy atom. The van der Waals surface area contributed by atoms with Crippen LogP contribution in [0.1, 0.15) is 19.8 Å². The highest BCUT2D eigenvalue weighted by Gasteiger charge is 2.28. The smallest absolute Gasteiger partial charge is 0.258 e. The Morgan fingerprint density at radius 1 is 1.29 bits per heavy atom. The first-order valence-corrected chi connectivity index (χ1v) is 8.02. The standard InChI is InChI=1S/C17H18BrNO2/c1-11(12-2-3-12)19-17(20)10-21-16-7-5-13-8-15(18)6-4-14(13)9-16/h4-9,11-12H,2-3,10H2,1H3,(H,19,20)/t11-/m0/s1. The molecule has 3 nitrogen and oxygen atoms in total. The molecule has 0 bridgehead atoms. The van der Waals surface area contributed by atoms with Crippen molar-refractivity contribution < 1.29 is 9.53 Å². The van der Waals surface area contributed by atoms with E-state index in [0.29, 0.717) is 5.92 Å². The number of benzene rings is 2. The number of halogens is 1. The maximum absolute atomic E-state index is 11.8. The molecule has 1 saturated carbocycles. The van der Waals surface area contributed by atoms with Gasteiger partial charge in [0.2, 0.25) is 0 Å². The summed E-state index contributed by atoms with van der Waals surface area (Å²) in [5, 5.41) is 5.23. The van der Waals surface area contributed by atoms with Crippen molar-refractivity contribution in [1.82, 2.24) is 5.32 Å². The van der Waals surface area contributed by atoms with Crippen molar-refractivity contribution in [2.75, 3.05) is 6.61 Å². The van der Waals surface area contributed by atoms with E-state index in [-0.39, 0.29) is 18.6 Å². The summed E-state index contributed by atoms with van der Waals surface area (Å²) in [4.78, 5) is 11.8. The fourth-order valence-electron chi connectivity index (χ4n) is 2.44. The molecule has 2 aromatic rings. The zero-order valence-corrected chi connectivity index (χ0v) is 13.5. The molecule has 1 N–H and O–H groups in total. The maximum Gasteiger partial charge on any atom is 0.258 e. The lowest BCUT2D eigenvalue weighted by Gasteiger charge is -2.13. The molecule has 0 heterocycles. The number of ether oxygens (including phenoxy) is 1. The summed E-state index contributed by atoms with van der Waals surface area (Å²) >= 11 is 3.46. The Bertz CT molecular complexity index is 667. The van der Waals surface area contributed by atoms with Crippen LogP contribution in [-0.2, 0) is 4.79 Å². The Labute approximate surface area is 132 Å². The number of hydrogen-bond donors (Lipinski definition) is 1. The molecule has 2 aromatic carbocycles. The van der Waals surface area contributed by atoms with Gasteiger partial charge in [-0.05, 0) is 60.7 Å². The lowest BCUT2D eigenvalue weighted by Crippen LogP contribution is -2.37. The van der Waals surface area contributed by atoms with Gasteiger partial charge in [-0.2, -0.15) is 0 Å². The first-order valence-electron chi connectivity index (χ1n) is 7.23. The van der Waals surface area contributed by atoms with E-state index < -0.39 is 0 Å². The number of hydrogen-bond acceptors (Lipinski definition) is 2. The number of fused-ring (bicyclic) bond motifs is 1. The van der Waals surface area contributed by atoms with Crippen LogP contribution in [0.5, 0.6) is 5.75 Å². The van der Waals surface area contributed by atoms with Gasteiger partial charge in [-0.3, -0.25) is 4.79 Å². The fourth-order valence-corrected chi connectivity index (χ4v) is 2.82. The minimum absolute atomic E-state index is 0.0506. The van der Waals surface area contributed by atoms with Gasteiger partial charge in [-0.15, -0.1) is 0 Å². The van der Waals surface area contributed by atoms with Crippen molar-refractivity contribution in [2.24, 2.45) is 5.92 Å². The van der Waals surface area contributed by atoms with Crippen molar-refractivity contribution >= 4 is 32.6 Å². The molecular weight excluding hydrogens is 330 g/mol. The van der Waals surface area contributed by atoms with E-state index in [1.165, 1.54) is 12.8 Å². The summed E-state index contributed by atoms with van der Waals surface area (Å²) < 4.78 is 6.64. The highest BCUT2D eigenvalue weighted by molar-refractivity contribution is 9.10. The van der Waals surface area contributed by atoms with Crippen LogP contribution < -0.4 is 10.1 Å². The van der Waals surface area contributed by atoms with Crippen molar-refractivity contribution in [2.45, 2.75) is 25.8 Å². The van der Waals surface area contributed by atoms with Crippen LogP contribution in [0, 0.1) is 5.92 Å². The van der Waals surface area contributed by atoms with E-state index in [1.54, 1.807) is 0 Å². The van der Waals surface area contributed by atoms with E-state index in [2.05, 4.69) is 34.2 Å². The minimum atomic E-state index is -0.0506. The SMILES string of the molecule is C[C@H](NC(=O)COc1ccc2cc(Br)ccc2c1)C1CC1. The summed E-state index contributed by atoms with van der Waals surface area (Å²) in [6.07, 6.45) is 2.45. The van der Waals surface area contributed by atoms with Gasteiger partial charge in [0.25, 0.3) is 5.91 Å². The summed E-state index contributed by atoms with van der Waals surface area (Å²) in [7, 11) is 0. The number of nitrogens with one attached hydrogen (secondary N) is 1. The number of carbonyl (C=O) groups excluding carboxylic acids is 1. The normalized spacial score (nSPS) is 15.7. The predicted molar refractivity (Wildman–Crippen MR) is 87.5 cm³/mol. The molecular formula is C17H18BrNO2. The van der Waals surface area contributed by atoms with Crippen LogP contribution in [0.4, 0.5) is 0 Å². The molecule has 3 rings (SSSR count). The number of carbonyl (C=O) groups is 1. The van der Waals surface area contributed by atoms with E-state index in [4.69, 9.17) is 4.74 Å². The van der Waals surface area contributed by atoms with Gasteiger partial charge >= 0.3 is 0 Å². The quantitative estimate of drug-likeness (QED) is 0.890. The first-order chi connectivity index (χ1) is 10.1. The maximum atomic E-state index is 11.8. The molecule has 0 radical (unpaired) electrons. The molecule has 1 aliphatic rings. The highest BCUT2D eigenvalue weighted by Crippen LogP contribution is 2.32. The van der Waals surface area contributed by atoms with Gasteiger partial charge in [0.1, 0.15) is 5.75 Å². The zero-order chi connectivity index (χ0) is 14.8. The van der Waals surface area contributed by atoms with Crippen LogP contribution in [0.2, 0.25) is 0 Å². The molecule has 1 atom stereocenters. The second kappa shape index (κ2) is 6.06. The van der Waals surface area contributed by atoms with E-state index in [0.717, 1.165) is 21.0 Å². The summed E-state index contributed by atoms with van der Waals surface area (Å²) in [5.41, 5.74) is 0. The van der Waals surface area contributed by atoms with Gasteiger partial charge in [0.15, 0.2) is 6.61 Å². The number of rotatable bonds is 5. The minimum Gasteiger partial charge on any atom is -0.484 e. The largest absolute Gasteiger partial charge is 0.484 e. The third-order valence-electron chi connectivity index (χ3n) is 3.86. The molecule has 1 aliphatic carbocycles. The summed E-state index contributed by atoms with van der Waals surface area (Å²) in [6, 6.07) is 12.2. The predicted octanol–water partition coefficient (Wildman–Crippen LogP) is 3.90. The molecule has 110 valence electrons. The van der Waals surface area contributed by atoms with E-state index in [1.807, 2.05) is 30.3 Å². The zero-order valence-electron chi connectivity index (χ0n) is 11.9. The molecule has 0 unspecified atom stereocenters. The van der Waals surface area contributed by atoms with Crippen LogP contribution in [-0.4, -0.2) is 18.6 Å². The molecule has 1 fully saturated rings. The molecule has 0 aromatic heterocycles. The molecule has 0 spiro atoms. The van der Waals surface area contributed by atoms with Gasteiger partial charge < -0.3 is 10.1 Å². The van der Waals surface area contributed by atoms with Gasteiger partial charge in [0, 0.05) is 10.5 Å². The van der Waals surface area contributed by atoms with Crippen LogP contribution in [0.3, 0.4) is 0 Å². The monoisotopic (exact) mass is 347 g/mol. The van der Waals surface area contributed by atoms with E-state index in [9.17, 15) is 4.79 Å². The van der Waals surface area contributed by atoms with E-state index >= 15 is 0 Å². The average molecular weight is 348 g/mol. The highest BCUT2D eigenvalue weighted by atomic mass is 79.9. The average Bonchev–Trinajstić information content (AvgIpc) is 3.29. The molecule has 1 amide bonds. The summed E-state index contributed by atoms with van der Waals surface area (Å²) in [5.74, 6) is 1.33. The Balaban J connectivity index is 1.59. The lowest BCUT2D eigenvalue weighted by atomic mass is 10.1. The third-order valence-corrected chi connectivity index (χ3v) is 4.35. The molecule has 21 heavy (non-hydrogen) atoms. The van der Waals surface area contributed by atoms with Crippen LogP contribution >= 0.6 is 15.9 Å². The first kappa shape index (κ1) is 14.4. The van der Waals surface area contributed by atoms with Gasteiger partial charge in [0.05, 0.1) is 0 Å². The molecule has 0 aliphatic heterocycles. The van der Waals surface area contributed by atoms with Crippen LogP contribution in [0.25, 0.3) is 10.8 Å².